The molecule has 1 rings (SSSR count). The van der Waals surface area contributed by atoms with Gasteiger partial charge in [-0.15, -0.1) is 0 Å². The largest absolute Gasteiger partial charge is 0.312 e. The van der Waals surface area contributed by atoms with Crippen molar-refractivity contribution in [1.29, 1.82) is 0 Å². The summed E-state index contributed by atoms with van der Waals surface area (Å²) in [5.74, 6) is 1.01. The van der Waals surface area contributed by atoms with Crippen molar-refractivity contribution in [2.75, 3.05) is 26.7 Å². The monoisotopic (exact) mass is 212 g/mol. The van der Waals surface area contributed by atoms with Crippen LogP contribution in [0.4, 0.5) is 0 Å². The number of nitrogens with one attached hydrogen (secondary N) is 1. The van der Waals surface area contributed by atoms with E-state index in [9.17, 15) is 0 Å². The second kappa shape index (κ2) is 5.86. The number of rotatable bonds is 6. The molecule has 0 bridgehead atoms. The van der Waals surface area contributed by atoms with E-state index in [1.54, 1.807) is 0 Å². The zero-order valence-electron chi connectivity index (χ0n) is 11.0. The minimum atomic E-state index is 0.270. The van der Waals surface area contributed by atoms with Crippen LogP contribution < -0.4 is 5.32 Å². The third kappa shape index (κ3) is 6.16. The molecule has 1 N–H and O–H groups in total. The highest BCUT2D eigenvalue weighted by atomic mass is 15.1. The Hall–Kier alpha value is -0.0800. The van der Waals surface area contributed by atoms with E-state index in [0.717, 1.165) is 12.5 Å². The van der Waals surface area contributed by atoms with Gasteiger partial charge < -0.3 is 10.2 Å². The lowest BCUT2D eigenvalue weighted by Gasteiger charge is -2.30. The first kappa shape index (κ1) is 13.0. The summed E-state index contributed by atoms with van der Waals surface area (Å²) in [5.41, 5.74) is 0.270. The van der Waals surface area contributed by atoms with Gasteiger partial charge in [0.25, 0.3) is 0 Å². The van der Waals surface area contributed by atoms with Crippen molar-refractivity contribution in [2.24, 2.45) is 5.92 Å². The molecule has 0 unspecified atom stereocenters. The Balaban J connectivity index is 1.94. The lowest BCUT2D eigenvalue weighted by Crippen LogP contribution is -2.38. The van der Waals surface area contributed by atoms with E-state index in [1.165, 1.54) is 38.8 Å². The summed E-state index contributed by atoms with van der Waals surface area (Å²) in [5, 5.41) is 3.53. The topological polar surface area (TPSA) is 15.3 Å². The predicted molar refractivity (Wildman–Crippen MR) is 67.2 cm³/mol. The summed E-state index contributed by atoms with van der Waals surface area (Å²) in [6.07, 6.45) is 5.65. The van der Waals surface area contributed by atoms with Crippen LogP contribution >= 0.6 is 0 Å². The summed E-state index contributed by atoms with van der Waals surface area (Å²) in [7, 11) is 2.26. The average molecular weight is 212 g/mol. The summed E-state index contributed by atoms with van der Waals surface area (Å²) >= 11 is 0. The molecule has 0 saturated heterocycles. The molecule has 1 aliphatic rings. The quantitative estimate of drug-likeness (QED) is 0.681. The molecule has 0 aliphatic heterocycles. The predicted octanol–water partition coefficient (Wildman–Crippen LogP) is 2.50. The van der Waals surface area contributed by atoms with Crippen LogP contribution in [0.5, 0.6) is 0 Å². The fourth-order valence-corrected chi connectivity index (χ4v) is 2.02. The van der Waals surface area contributed by atoms with Gasteiger partial charge >= 0.3 is 0 Å². The third-order valence-corrected chi connectivity index (χ3v) is 3.17. The molecule has 0 heterocycles. The molecule has 90 valence electrons. The highest BCUT2D eigenvalue weighted by Gasteiger charge is 2.18. The van der Waals surface area contributed by atoms with Gasteiger partial charge in [0.2, 0.25) is 0 Å². The molecule has 1 fully saturated rings. The molecule has 0 radical (unpaired) electrons. The minimum absolute atomic E-state index is 0.270. The minimum Gasteiger partial charge on any atom is -0.312 e. The zero-order chi connectivity index (χ0) is 11.3. The molecular weight excluding hydrogens is 184 g/mol. The second-order valence-corrected chi connectivity index (χ2v) is 6.09. The Morgan fingerprint density at radius 1 is 1.27 bits per heavy atom. The first-order valence-electron chi connectivity index (χ1n) is 6.41. The molecule has 0 atom stereocenters. The summed E-state index contributed by atoms with van der Waals surface area (Å²) in [6.45, 7) is 10.4. The molecule has 0 spiro atoms. The molecule has 1 aliphatic carbocycles. The summed E-state index contributed by atoms with van der Waals surface area (Å²) in [6, 6.07) is 0. The smallest absolute Gasteiger partial charge is 0.00965 e. The first-order chi connectivity index (χ1) is 6.97. The van der Waals surface area contributed by atoms with Gasteiger partial charge in [-0.1, -0.05) is 6.42 Å². The molecule has 1 saturated carbocycles. The second-order valence-electron chi connectivity index (χ2n) is 6.09. The third-order valence-electron chi connectivity index (χ3n) is 3.17. The van der Waals surface area contributed by atoms with E-state index in [-0.39, 0.29) is 5.54 Å². The van der Waals surface area contributed by atoms with Crippen molar-refractivity contribution in [1.82, 2.24) is 10.2 Å². The molecule has 0 aromatic rings. The highest BCUT2D eigenvalue weighted by Crippen LogP contribution is 2.26. The first-order valence-corrected chi connectivity index (χ1v) is 6.41. The van der Waals surface area contributed by atoms with Crippen molar-refractivity contribution in [3.63, 3.8) is 0 Å². The zero-order valence-corrected chi connectivity index (χ0v) is 11.0. The van der Waals surface area contributed by atoms with Crippen LogP contribution in [0.1, 0.15) is 46.5 Å². The van der Waals surface area contributed by atoms with Crippen LogP contribution in [0.2, 0.25) is 0 Å². The van der Waals surface area contributed by atoms with Crippen LogP contribution in [-0.2, 0) is 0 Å². The van der Waals surface area contributed by atoms with Crippen molar-refractivity contribution in [2.45, 2.75) is 52.0 Å². The number of nitrogens with zero attached hydrogens (tertiary/aromatic N) is 1. The van der Waals surface area contributed by atoms with Gasteiger partial charge in [-0.2, -0.15) is 0 Å². The van der Waals surface area contributed by atoms with Crippen LogP contribution in [0.15, 0.2) is 0 Å². The Labute approximate surface area is 95.4 Å². The lowest BCUT2D eigenvalue weighted by molar-refractivity contribution is 0.202. The van der Waals surface area contributed by atoms with E-state index in [1.807, 2.05) is 0 Å². The van der Waals surface area contributed by atoms with Gasteiger partial charge in [0.05, 0.1) is 0 Å². The van der Waals surface area contributed by atoms with Crippen LogP contribution in [0.25, 0.3) is 0 Å². The maximum absolute atomic E-state index is 3.53. The summed E-state index contributed by atoms with van der Waals surface area (Å²) in [4.78, 5) is 2.49. The maximum Gasteiger partial charge on any atom is 0.00965 e. The van der Waals surface area contributed by atoms with Gasteiger partial charge in [0.1, 0.15) is 0 Å². The van der Waals surface area contributed by atoms with E-state index in [2.05, 4.69) is 38.0 Å². The SMILES string of the molecule is CN(CCCNC(C)(C)C)CC1CCC1. The molecule has 0 aromatic carbocycles. The van der Waals surface area contributed by atoms with Crippen LogP contribution in [-0.4, -0.2) is 37.1 Å². The Bertz CT molecular complexity index is 168. The van der Waals surface area contributed by atoms with Crippen molar-refractivity contribution < 1.29 is 0 Å². The fraction of sp³-hybridized carbons (Fsp3) is 1.00. The average Bonchev–Trinajstić information content (AvgIpc) is 2.04. The Morgan fingerprint density at radius 3 is 2.40 bits per heavy atom. The molecule has 2 nitrogen and oxygen atoms in total. The normalized spacial score (nSPS) is 18.2. The van der Waals surface area contributed by atoms with Gasteiger partial charge in [0.15, 0.2) is 0 Å². The van der Waals surface area contributed by atoms with E-state index < -0.39 is 0 Å². The molecule has 0 aromatic heterocycles. The van der Waals surface area contributed by atoms with Crippen LogP contribution in [0, 0.1) is 5.92 Å². The van der Waals surface area contributed by atoms with Gasteiger partial charge in [-0.25, -0.2) is 0 Å². The fourth-order valence-electron chi connectivity index (χ4n) is 2.02. The van der Waals surface area contributed by atoms with Crippen LogP contribution in [0.3, 0.4) is 0 Å². The lowest BCUT2D eigenvalue weighted by atomic mass is 9.85. The summed E-state index contributed by atoms with van der Waals surface area (Å²) < 4.78 is 0. The molecule has 0 amide bonds. The molecular formula is C13H28N2. The Kier molecular flexibility index (Phi) is 5.07. The van der Waals surface area contributed by atoms with E-state index in [0.29, 0.717) is 0 Å². The van der Waals surface area contributed by atoms with Gasteiger partial charge in [-0.05, 0) is 66.1 Å². The maximum atomic E-state index is 3.53. The Morgan fingerprint density at radius 2 is 1.93 bits per heavy atom. The molecule has 2 heteroatoms. The molecule has 15 heavy (non-hydrogen) atoms. The van der Waals surface area contributed by atoms with E-state index >= 15 is 0 Å². The van der Waals surface area contributed by atoms with Gasteiger partial charge in [-0.3, -0.25) is 0 Å². The highest BCUT2D eigenvalue weighted by molar-refractivity contribution is 4.73. The van der Waals surface area contributed by atoms with Crippen molar-refractivity contribution in [3.8, 4) is 0 Å². The van der Waals surface area contributed by atoms with E-state index in [4.69, 9.17) is 0 Å². The number of hydrogen-bond acceptors (Lipinski definition) is 2. The standard InChI is InChI=1S/C13H28N2/c1-13(2,3)14-9-6-10-15(4)11-12-7-5-8-12/h12,14H,5-11H2,1-4H3. The van der Waals surface area contributed by atoms with Crippen molar-refractivity contribution >= 4 is 0 Å². The number of hydrogen-bond donors (Lipinski definition) is 1. The van der Waals surface area contributed by atoms with Gasteiger partial charge in [0, 0.05) is 12.1 Å². The van der Waals surface area contributed by atoms with Crippen molar-refractivity contribution in [3.05, 3.63) is 0 Å².